The first-order valence-corrected chi connectivity index (χ1v) is 7.06. The molecule has 0 bridgehead atoms. The fourth-order valence-corrected chi connectivity index (χ4v) is 2.45. The molecule has 2 heterocycles. The summed E-state index contributed by atoms with van der Waals surface area (Å²) in [7, 11) is 0. The summed E-state index contributed by atoms with van der Waals surface area (Å²) in [5.41, 5.74) is 2.91. The summed E-state index contributed by atoms with van der Waals surface area (Å²) in [5.74, 6) is 2.51. The van der Waals surface area contributed by atoms with Crippen molar-refractivity contribution >= 4 is 5.82 Å². The predicted molar refractivity (Wildman–Crippen MR) is 76.1 cm³/mol. The van der Waals surface area contributed by atoms with Crippen molar-refractivity contribution in [1.29, 1.82) is 0 Å². The smallest absolute Gasteiger partial charge is 0.133 e. The van der Waals surface area contributed by atoms with E-state index in [2.05, 4.69) is 44.9 Å². The van der Waals surface area contributed by atoms with Gasteiger partial charge in [0.25, 0.3) is 0 Å². The topological polar surface area (TPSA) is 37.8 Å². The standard InChI is InChI=1S/C15H25N3/c1-6-12-17-13(10(2)3)11-7-8-15(4,5)9-16-14(11)18-12/h10H,6-9H2,1-5H3,(H,16,17,18). The molecule has 1 aliphatic rings. The van der Waals surface area contributed by atoms with E-state index in [9.17, 15) is 0 Å². The maximum absolute atomic E-state index is 4.74. The van der Waals surface area contributed by atoms with E-state index in [1.165, 1.54) is 17.7 Å². The zero-order chi connectivity index (χ0) is 13.3. The lowest BCUT2D eigenvalue weighted by Gasteiger charge is -2.21. The minimum absolute atomic E-state index is 0.335. The van der Waals surface area contributed by atoms with Crippen molar-refractivity contribution < 1.29 is 0 Å². The molecule has 3 nitrogen and oxygen atoms in total. The van der Waals surface area contributed by atoms with Gasteiger partial charge in [0.1, 0.15) is 11.6 Å². The van der Waals surface area contributed by atoms with Gasteiger partial charge in [-0.3, -0.25) is 0 Å². The summed E-state index contributed by atoms with van der Waals surface area (Å²) < 4.78 is 0. The molecule has 1 aromatic rings. The normalized spacial score (nSPS) is 18.1. The first kappa shape index (κ1) is 13.3. The fraction of sp³-hybridized carbons (Fsp3) is 0.733. The molecule has 0 aliphatic carbocycles. The number of aryl methyl sites for hydroxylation is 1. The van der Waals surface area contributed by atoms with Crippen LogP contribution in [0.2, 0.25) is 0 Å². The minimum atomic E-state index is 0.335. The van der Waals surface area contributed by atoms with Crippen LogP contribution in [0, 0.1) is 5.41 Å². The molecule has 3 heteroatoms. The molecule has 0 spiro atoms. The largest absolute Gasteiger partial charge is 0.369 e. The van der Waals surface area contributed by atoms with Gasteiger partial charge in [-0.25, -0.2) is 9.97 Å². The first-order valence-electron chi connectivity index (χ1n) is 7.06. The second kappa shape index (κ2) is 4.87. The molecular weight excluding hydrogens is 222 g/mol. The molecule has 1 N–H and O–H groups in total. The molecule has 0 unspecified atom stereocenters. The van der Waals surface area contributed by atoms with Gasteiger partial charge in [-0.15, -0.1) is 0 Å². The van der Waals surface area contributed by atoms with Gasteiger partial charge in [0.05, 0.1) is 5.69 Å². The van der Waals surface area contributed by atoms with Crippen LogP contribution < -0.4 is 5.32 Å². The summed E-state index contributed by atoms with van der Waals surface area (Å²) in [6.45, 7) is 12.2. The van der Waals surface area contributed by atoms with Crippen LogP contribution in [0.25, 0.3) is 0 Å². The fourth-order valence-electron chi connectivity index (χ4n) is 2.45. The van der Waals surface area contributed by atoms with Crippen LogP contribution >= 0.6 is 0 Å². The molecule has 0 saturated carbocycles. The highest BCUT2D eigenvalue weighted by Crippen LogP contribution is 2.33. The molecule has 0 radical (unpaired) electrons. The highest BCUT2D eigenvalue weighted by atomic mass is 15.0. The molecule has 2 rings (SSSR count). The Balaban J connectivity index is 2.46. The Morgan fingerprint density at radius 1 is 1.28 bits per heavy atom. The van der Waals surface area contributed by atoms with Crippen LogP contribution in [0.15, 0.2) is 0 Å². The Morgan fingerprint density at radius 3 is 2.61 bits per heavy atom. The van der Waals surface area contributed by atoms with E-state index in [0.29, 0.717) is 11.3 Å². The van der Waals surface area contributed by atoms with Gasteiger partial charge in [-0.2, -0.15) is 0 Å². The quantitative estimate of drug-likeness (QED) is 0.868. The third-order valence-electron chi connectivity index (χ3n) is 3.73. The zero-order valence-corrected chi connectivity index (χ0v) is 12.3. The number of fused-ring (bicyclic) bond motifs is 1. The molecule has 0 atom stereocenters. The molecule has 1 aromatic heterocycles. The Hall–Kier alpha value is -1.12. The van der Waals surface area contributed by atoms with E-state index in [4.69, 9.17) is 4.98 Å². The lowest BCUT2D eigenvalue weighted by atomic mass is 9.87. The van der Waals surface area contributed by atoms with Gasteiger partial charge in [-0.1, -0.05) is 34.6 Å². The molecule has 0 aromatic carbocycles. The maximum atomic E-state index is 4.74. The number of nitrogens with zero attached hydrogens (tertiary/aromatic N) is 2. The zero-order valence-electron chi connectivity index (χ0n) is 12.3. The van der Waals surface area contributed by atoms with Gasteiger partial charge in [-0.05, 0) is 24.2 Å². The van der Waals surface area contributed by atoms with E-state index >= 15 is 0 Å². The monoisotopic (exact) mass is 247 g/mol. The van der Waals surface area contributed by atoms with Gasteiger partial charge in [0, 0.05) is 18.5 Å². The van der Waals surface area contributed by atoms with Gasteiger partial charge < -0.3 is 5.32 Å². The lowest BCUT2D eigenvalue weighted by molar-refractivity contribution is 0.364. The molecule has 0 fully saturated rings. The van der Waals surface area contributed by atoms with Crippen molar-refractivity contribution in [2.24, 2.45) is 5.41 Å². The molecule has 1 aliphatic heterocycles. The number of nitrogens with one attached hydrogen (secondary N) is 1. The highest BCUT2D eigenvalue weighted by Gasteiger charge is 2.26. The second-order valence-electron chi connectivity index (χ2n) is 6.38. The number of hydrogen-bond acceptors (Lipinski definition) is 3. The van der Waals surface area contributed by atoms with Crippen molar-refractivity contribution in [2.45, 2.75) is 59.8 Å². The maximum Gasteiger partial charge on any atom is 0.133 e. The summed E-state index contributed by atoms with van der Waals surface area (Å²) in [6, 6.07) is 0. The SMILES string of the molecule is CCc1nc2c(c(C(C)C)n1)CCC(C)(C)CN2. The molecular formula is C15H25N3. The number of aromatic nitrogens is 2. The third-order valence-corrected chi connectivity index (χ3v) is 3.73. The van der Waals surface area contributed by atoms with Crippen LogP contribution in [-0.2, 0) is 12.8 Å². The Labute approximate surface area is 110 Å². The molecule has 18 heavy (non-hydrogen) atoms. The van der Waals surface area contributed by atoms with Crippen molar-refractivity contribution in [3.63, 3.8) is 0 Å². The van der Waals surface area contributed by atoms with Crippen LogP contribution in [-0.4, -0.2) is 16.5 Å². The van der Waals surface area contributed by atoms with Gasteiger partial charge in [0.2, 0.25) is 0 Å². The summed E-state index contributed by atoms with van der Waals surface area (Å²) in [5, 5.41) is 3.53. The van der Waals surface area contributed by atoms with Crippen LogP contribution in [0.1, 0.15) is 64.0 Å². The highest BCUT2D eigenvalue weighted by molar-refractivity contribution is 5.49. The average Bonchev–Trinajstić information content (AvgIpc) is 2.47. The summed E-state index contributed by atoms with van der Waals surface area (Å²) in [6.07, 6.45) is 3.19. The summed E-state index contributed by atoms with van der Waals surface area (Å²) in [4.78, 5) is 9.42. The number of rotatable bonds is 2. The second-order valence-corrected chi connectivity index (χ2v) is 6.38. The Morgan fingerprint density at radius 2 is 2.00 bits per heavy atom. The van der Waals surface area contributed by atoms with Gasteiger partial charge in [0.15, 0.2) is 0 Å². The van der Waals surface area contributed by atoms with Crippen LogP contribution in [0.3, 0.4) is 0 Å². The van der Waals surface area contributed by atoms with Crippen LogP contribution in [0.4, 0.5) is 5.82 Å². The third kappa shape index (κ3) is 2.65. The number of anilines is 1. The van der Waals surface area contributed by atoms with Gasteiger partial charge >= 0.3 is 0 Å². The Bertz CT molecular complexity index is 436. The van der Waals surface area contributed by atoms with Crippen molar-refractivity contribution in [1.82, 2.24) is 9.97 Å². The van der Waals surface area contributed by atoms with Crippen molar-refractivity contribution in [3.8, 4) is 0 Å². The molecule has 0 amide bonds. The van der Waals surface area contributed by atoms with E-state index in [0.717, 1.165) is 31.0 Å². The Kier molecular flexibility index (Phi) is 3.60. The first-order chi connectivity index (χ1) is 8.43. The molecule has 0 saturated heterocycles. The van der Waals surface area contributed by atoms with Crippen LogP contribution in [0.5, 0.6) is 0 Å². The van der Waals surface area contributed by atoms with Crippen molar-refractivity contribution in [3.05, 3.63) is 17.1 Å². The van der Waals surface area contributed by atoms with E-state index in [1.807, 2.05) is 0 Å². The number of hydrogen-bond donors (Lipinski definition) is 1. The average molecular weight is 247 g/mol. The van der Waals surface area contributed by atoms with Crippen molar-refractivity contribution in [2.75, 3.05) is 11.9 Å². The van der Waals surface area contributed by atoms with E-state index in [1.54, 1.807) is 0 Å². The lowest BCUT2D eigenvalue weighted by Crippen LogP contribution is -2.21. The van der Waals surface area contributed by atoms with E-state index < -0.39 is 0 Å². The van der Waals surface area contributed by atoms with E-state index in [-0.39, 0.29) is 0 Å². The predicted octanol–water partition coefficient (Wildman–Crippen LogP) is 3.55. The minimum Gasteiger partial charge on any atom is -0.369 e. The summed E-state index contributed by atoms with van der Waals surface area (Å²) >= 11 is 0. The molecule has 100 valence electrons.